The summed E-state index contributed by atoms with van der Waals surface area (Å²) in [6.07, 6.45) is 3.33. The summed E-state index contributed by atoms with van der Waals surface area (Å²) in [5.41, 5.74) is 2.00. The molecule has 7 heteroatoms. The minimum absolute atomic E-state index is 0.0970. The molecule has 0 bridgehead atoms. The second-order valence-corrected chi connectivity index (χ2v) is 6.51. The lowest BCUT2D eigenvalue weighted by atomic mass is 10.2. The number of benzene rings is 1. The van der Waals surface area contributed by atoms with Crippen LogP contribution in [0.2, 0.25) is 0 Å². The van der Waals surface area contributed by atoms with Crippen molar-refractivity contribution >= 4 is 17.5 Å². The highest BCUT2D eigenvalue weighted by Gasteiger charge is 2.26. The molecule has 1 saturated carbocycles. The van der Waals surface area contributed by atoms with Crippen LogP contribution in [-0.2, 0) is 6.54 Å². The molecule has 3 rings (SSSR count). The van der Waals surface area contributed by atoms with Gasteiger partial charge in [-0.05, 0) is 31.7 Å². The lowest BCUT2D eigenvalue weighted by Crippen LogP contribution is -2.17. The van der Waals surface area contributed by atoms with Gasteiger partial charge in [0, 0.05) is 36.7 Å². The van der Waals surface area contributed by atoms with Crippen LogP contribution in [0.4, 0.5) is 17.5 Å². The monoisotopic (exact) mass is 341 g/mol. The van der Waals surface area contributed by atoms with Crippen molar-refractivity contribution in [2.45, 2.75) is 51.6 Å². The number of rotatable bonds is 8. The summed E-state index contributed by atoms with van der Waals surface area (Å²) in [5.74, 6) is 1.91. The molecule has 0 amide bonds. The molecule has 0 unspecified atom stereocenters. The van der Waals surface area contributed by atoms with Crippen LogP contribution < -0.4 is 10.6 Å². The van der Waals surface area contributed by atoms with Crippen molar-refractivity contribution < 1.29 is 4.92 Å². The summed E-state index contributed by atoms with van der Waals surface area (Å²) >= 11 is 0. The summed E-state index contributed by atoms with van der Waals surface area (Å²) in [4.78, 5) is 19.7. The van der Waals surface area contributed by atoms with Crippen molar-refractivity contribution in [2.75, 3.05) is 10.6 Å². The number of nitro groups is 1. The molecule has 2 aromatic rings. The quantitative estimate of drug-likeness (QED) is 0.555. The fourth-order valence-corrected chi connectivity index (χ4v) is 2.50. The fraction of sp³-hybridized carbons (Fsp3) is 0.444. The van der Waals surface area contributed by atoms with E-state index in [4.69, 9.17) is 0 Å². The standard InChI is InChI=1S/C18H23N5O2/c1-3-12(2)20-18-21-16(14-7-8-14)10-17(22-18)19-11-13-5-4-6-15(9-13)23(24)25/h4-6,9-10,12,14H,3,7-8,11H2,1-2H3,(H2,19,20,21,22)/t12-/m1/s1. The van der Waals surface area contributed by atoms with Gasteiger partial charge in [-0.3, -0.25) is 10.1 Å². The van der Waals surface area contributed by atoms with Gasteiger partial charge in [0.25, 0.3) is 5.69 Å². The summed E-state index contributed by atoms with van der Waals surface area (Å²) in [6.45, 7) is 4.69. The minimum atomic E-state index is -0.381. The maximum atomic E-state index is 10.9. The average molecular weight is 341 g/mol. The van der Waals surface area contributed by atoms with Crippen LogP contribution in [0.1, 0.15) is 50.3 Å². The largest absolute Gasteiger partial charge is 0.366 e. The van der Waals surface area contributed by atoms with Gasteiger partial charge in [0.1, 0.15) is 5.82 Å². The number of nitrogens with zero attached hydrogens (tertiary/aromatic N) is 3. The van der Waals surface area contributed by atoms with Crippen LogP contribution in [0, 0.1) is 10.1 Å². The zero-order valence-electron chi connectivity index (χ0n) is 14.5. The molecule has 1 aromatic carbocycles. The van der Waals surface area contributed by atoms with Gasteiger partial charge >= 0.3 is 0 Å². The van der Waals surface area contributed by atoms with E-state index in [0.717, 1.165) is 23.5 Å². The van der Waals surface area contributed by atoms with Crippen molar-refractivity contribution in [3.63, 3.8) is 0 Å². The Morgan fingerprint density at radius 1 is 1.32 bits per heavy atom. The lowest BCUT2D eigenvalue weighted by Gasteiger charge is -2.14. The van der Waals surface area contributed by atoms with Crippen LogP contribution in [0.25, 0.3) is 0 Å². The van der Waals surface area contributed by atoms with Gasteiger partial charge in [0.2, 0.25) is 5.95 Å². The molecule has 2 N–H and O–H groups in total. The highest BCUT2D eigenvalue weighted by atomic mass is 16.6. The molecule has 0 radical (unpaired) electrons. The molecule has 0 spiro atoms. The first-order valence-corrected chi connectivity index (χ1v) is 8.68. The Kier molecular flexibility index (Phi) is 5.11. The zero-order chi connectivity index (χ0) is 17.8. The maximum absolute atomic E-state index is 10.9. The molecule has 1 aromatic heterocycles. The Morgan fingerprint density at radius 2 is 2.12 bits per heavy atom. The number of hydrogen-bond donors (Lipinski definition) is 2. The molecule has 0 saturated heterocycles. The van der Waals surface area contributed by atoms with Crippen molar-refractivity contribution in [1.82, 2.24) is 9.97 Å². The van der Waals surface area contributed by atoms with Crippen molar-refractivity contribution in [3.8, 4) is 0 Å². The second kappa shape index (κ2) is 7.46. The minimum Gasteiger partial charge on any atom is -0.366 e. The smallest absolute Gasteiger partial charge is 0.269 e. The Bertz CT molecular complexity index is 761. The van der Waals surface area contributed by atoms with E-state index in [2.05, 4.69) is 34.4 Å². The van der Waals surface area contributed by atoms with E-state index in [9.17, 15) is 10.1 Å². The van der Waals surface area contributed by atoms with E-state index in [0.29, 0.717) is 24.5 Å². The van der Waals surface area contributed by atoms with Crippen LogP contribution >= 0.6 is 0 Å². The molecule has 7 nitrogen and oxygen atoms in total. The number of aromatic nitrogens is 2. The maximum Gasteiger partial charge on any atom is 0.269 e. The van der Waals surface area contributed by atoms with Crippen LogP contribution in [0.15, 0.2) is 30.3 Å². The predicted octanol–water partition coefficient (Wildman–Crippen LogP) is 4.08. The number of hydrogen-bond acceptors (Lipinski definition) is 6. The first kappa shape index (κ1) is 17.1. The second-order valence-electron chi connectivity index (χ2n) is 6.51. The molecule has 0 aliphatic heterocycles. The van der Waals surface area contributed by atoms with E-state index in [1.165, 1.54) is 18.9 Å². The van der Waals surface area contributed by atoms with Gasteiger partial charge in [0.05, 0.1) is 10.6 Å². The van der Waals surface area contributed by atoms with Crippen LogP contribution in [0.5, 0.6) is 0 Å². The fourth-order valence-electron chi connectivity index (χ4n) is 2.50. The third-order valence-electron chi connectivity index (χ3n) is 4.32. The summed E-state index contributed by atoms with van der Waals surface area (Å²) < 4.78 is 0. The SMILES string of the molecule is CC[C@@H](C)Nc1nc(NCc2cccc([N+](=O)[O-])c2)cc(C2CC2)n1. The topological polar surface area (TPSA) is 93.0 Å². The van der Waals surface area contributed by atoms with Crippen molar-refractivity contribution in [3.05, 3.63) is 51.7 Å². The third-order valence-corrected chi connectivity index (χ3v) is 4.32. The molecular weight excluding hydrogens is 318 g/mol. The van der Waals surface area contributed by atoms with Crippen molar-refractivity contribution in [1.29, 1.82) is 0 Å². The first-order chi connectivity index (χ1) is 12.0. The summed E-state index contributed by atoms with van der Waals surface area (Å²) in [5, 5.41) is 17.5. The summed E-state index contributed by atoms with van der Waals surface area (Å²) in [7, 11) is 0. The van der Waals surface area contributed by atoms with Crippen molar-refractivity contribution in [2.24, 2.45) is 0 Å². The third kappa shape index (κ3) is 4.65. The predicted molar refractivity (Wildman–Crippen MR) is 97.8 cm³/mol. The highest BCUT2D eigenvalue weighted by molar-refractivity contribution is 5.45. The van der Waals surface area contributed by atoms with Crippen LogP contribution in [0.3, 0.4) is 0 Å². The molecule has 1 atom stereocenters. The van der Waals surface area contributed by atoms with Gasteiger partial charge in [0.15, 0.2) is 0 Å². The van der Waals surface area contributed by atoms with Gasteiger partial charge in [-0.15, -0.1) is 0 Å². The first-order valence-electron chi connectivity index (χ1n) is 8.68. The number of anilines is 2. The highest BCUT2D eigenvalue weighted by Crippen LogP contribution is 2.40. The zero-order valence-corrected chi connectivity index (χ0v) is 14.5. The number of non-ortho nitro benzene ring substituents is 1. The summed E-state index contributed by atoms with van der Waals surface area (Å²) in [6, 6.07) is 8.92. The lowest BCUT2D eigenvalue weighted by molar-refractivity contribution is -0.384. The van der Waals surface area contributed by atoms with Crippen LogP contribution in [-0.4, -0.2) is 20.9 Å². The Labute approximate surface area is 147 Å². The van der Waals surface area contributed by atoms with Gasteiger partial charge in [-0.1, -0.05) is 19.1 Å². The molecule has 1 fully saturated rings. The molecule has 132 valence electrons. The normalized spacial score (nSPS) is 14.8. The van der Waals surface area contributed by atoms with Gasteiger partial charge in [-0.25, -0.2) is 4.98 Å². The van der Waals surface area contributed by atoms with E-state index >= 15 is 0 Å². The molecule has 1 aliphatic rings. The Hall–Kier alpha value is -2.70. The molecular formula is C18H23N5O2. The average Bonchev–Trinajstić information content (AvgIpc) is 3.45. The van der Waals surface area contributed by atoms with Gasteiger partial charge in [-0.2, -0.15) is 4.98 Å². The van der Waals surface area contributed by atoms with Gasteiger partial charge < -0.3 is 10.6 Å². The number of nitrogens with one attached hydrogen (secondary N) is 2. The Morgan fingerprint density at radius 3 is 2.80 bits per heavy atom. The van der Waals surface area contributed by atoms with E-state index in [-0.39, 0.29) is 10.6 Å². The number of nitro benzene ring substituents is 1. The van der Waals surface area contributed by atoms with E-state index in [1.54, 1.807) is 12.1 Å². The Balaban J connectivity index is 1.74. The van der Waals surface area contributed by atoms with E-state index in [1.807, 2.05) is 12.1 Å². The molecule has 1 aliphatic carbocycles. The molecule has 25 heavy (non-hydrogen) atoms. The molecule has 1 heterocycles. The van der Waals surface area contributed by atoms with E-state index < -0.39 is 0 Å².